The number of fused-ring (bicyclic) bond motifs is 1. The third kappa shape index (κ3) is 3.13. The number of benzene rings is 1. The third-order valence-corrected chi connectivity index (χ3v) is 4.99. The Bertz CT molecular complexity index is 967. The van der Waals surface area contributed by atoms with Crippen LogP contribution in [-0.2, 0) is 6.54 Å². The van der Waals surface area contributed by atoms with Crippen LogP contribution in [0, 0.1) is 10.1 Å². The number of nitro benzene ring substituents is 1. The Hall–Kier alpha value is -2.72. The molecule has 4 rings (SSSR count). The van der Waals surface area contributed by atoms with Gasteiger partial charge in [-0.25, -0.2) is 9.97 Å². The standard InChI is InChI=1S/C15H14N6O3S/c16-14-18-12-11(17-8-20(12)7-15(22)5-6-15)13(19-14)25-10-3-1-9(2-4-10)21(23)24/h1-4,8,22H,5-7H2,(H2,16,18,19). The summed E-state index contributed by atoms with van der Waals surface area (Å²) >= 11 is 1.31. The summed E-state index contributed by atoms with van der Waals surface area (Å²) < 4.78 is 1.78. The summed E-state index contributed by atoms with van der Waals surface area (Å²) in [5.74, 6) is 0.112. The number of non-ortho nitro benzene ring substituents is 1. The van der Waals surface area contributed by atoms with Gasteiger partial charge in [0.1, 0.15) is 10.5 Å². The Labute approximate surface area is 146 Å². The molecule has 1 saturated carbocycles. The Morgan fingerprint density at radius 3 is 2.68 bits per heavy atom. The highest BCUT2D eigenvalue weighted by atomic mass is 32.2. The zero-order valence-corrected chi connectivity index (χ0v) is 13.8. The molecule has 9 nitrogen and oxygen atoms in total. The van der Waals surface area contributed by atoms with Crippen LogP contribution in [0.2, 0.25) is 0 Å². The van der Waals surface area contributed by atoms with Crippen molar-refractivity contribution in [1.82, 2.24) is 19.5 Å². The summed E-state index contributed by atoms with van der Waals surface area (Å²) in [4.78, 5) is 23.9. The highest BCUT2D eigenvalue weighted by Crippen LogP contribution is 2.38. The number of aliphatic hydroxyl groups is 1. The molecule has 0 unspecified atom stereocenters. The molecule has 10 heteroatoms. The average Bonchev–Trinajstić information content (AvgIpc) is 3.17. The maximum Gasteiger partial charge on any atom is 0.269 e. The molecule has 1 fully saturated rings. The number of anilines is 1. The molecule has 0 atom stereocenters. The number of nitrogens with two attached hydrogens (primary N) is 1. The summed E-state index contributed by atoms with van der Waals surface area (Å²) in [6.07, 6.45) is 3.14. The molecule has 0 spiro atoms. The van der Waals surface area contributed by atoms with Gasteiger partial charge in [-0.1, -0.05) is 11.8 Å². The van der Waals surface area contributed by atoms with Crippen molar-refractivity contribution < 1.29 is 10.0 Å². The Morgan fingerprint density at radius 1 is 1.32 bits per heavy atom. The number of nitrogen functional groups attached to an aromatic ring is 1. The zero-order valence-electron chi connectivity index (χ0n) is 13.0. The third-order valence-electron chi connectivity index (χ3n) is 4.00. The van der Waals surface area contributed by atoms with Crippen LogP contribution in [0.5, 0.6) is 0 Å². The Balaban J connectivity index is 1.68. The van der Waals surface area contributed by atoms with Crippen LogP contribution < -0.4 is 5.73 Å². The summed E-state index contributed by atoms with van der Waals surface area (Å²) in [5.41, 5.74) is 6.32. The molecule has 25 heavy (non-hydrogen) atoms. The van der Waals surface area contributed by atoms with Gasteiger partial charge in [0.25, 0.3) is 5.69 Å². The number of hydrogen-bond acceptors (Lipinski definition) is 8. The van der Waals surface area contributed by atoms with Crippen LogP contribution in [0.25, 0.3) is 11.2 Å². The molecule has 0 amide bonds. The van der Waals surface area contributed by atoms with Crippen LogP contribution >= 0.6 is 11.8 Å². The minimum atomic E-state index is -0.682. The van der Waals surface area contributed by atoms with E-state index in [1.165, 1.54) is 23.9 Å². The van der Waals surface area contributed by atoms with Crippen LogP contribution in [0.4, 0.5) is 11.6 Å². The number of imidazole rings is 1. The molecule has 2 heterocycles. The van der Waals surface area contributed by atoms with E-state index >= 15 is 0 Å². The van der Waals surface area contributed by atoms with Gasteiger partial charge >= 0.3 is 0 Å². The zero-order chi connectivity index (χ0) is 17.6. The van der Waals surface area contributed by atoms with E-state index in [1.807, 2.05) is 0 Å². The molecule has 3 N–H and O–H groups in total. The quantitative estimate of drug-likeness (QED) is 0.402. The molecular formula is C15H14N6O3S. The number of hydrogen-bond donors (Lipinski definition) is 2. The van der Waals surface area contributed by atoms with Gasteiger partial charge in [-0.15, -0.1) is 0 Å². The van der Waals surface area contributed by atoms with E-state index in [1.54, 1.807) is 23.0 Å². The summed E-state index contributed by atoms with van der Waals surface area (Å²) in [5, 5.41) is 21.4. The maximum absolute atomic E-state index is 10.7. The van der Waals surface area contributed by atoms with Crippen molar-refractivity contribution >= 4 is 34.6 Å². The van der Waals surface area contributed by atoms with Gasteiger partial charge in [0.15, 0.2) is 5.65 Å². The van der Waals surface area contributed by atoms with Crippen LogP contribution in [0.15, 0.2) is 40.5 Å². The fourth-order valence-corrected chi connectivity index (χ4v) is 3.36. The molecule has 0 saturated heterocycles. The average molecular weight is 358 g/mol. The van der Waals surface area contributed by atoms with Crippen molar-refractivity contribution in [3.8, 4) is 0 Å². The van der Waals surface area contributed by atoms with E-state index in [0.717, 1.165) is 17.7 Å². The molecule has 1 aliphatic carbocycles. The predicted molar refractivity (Wildman–Crippen MR) is 91.1 cm³/mol. The number of nitro groups is 1. The SMILES string of the molecule is Nc1nc(Sc2ccc([N+](=O)[O-])cc2)c2ncn(CC3(O)CC3)c2n1. The molecule has 128 valence electrons. The largest absolute Gasteiger partial charge is 0.388 e. The second-order valence-corrected chi connectivity index (χ2v) is 7.07. The molecule has 0 aliphatic heterocycles. The van der Waals surface area contributed by atoms with E-state index < -0.39 is 10.5 Å². The number of aromatic nitrogens is 4. The van der Waals surface area contributed by atoms with E-state index in [-0.39, 0.29) is 11.6 Å². The van der Waals surface area contributed by atoms with E-state index in [9.17, 15) is 15.2 Å². The van der Waals surface area contributed by atoms with E-state index in [2.05, 4.69) is 15.0 Å². The van der Waals surface area contributed by atoms with Gasteiger partial charge in [0.2, 0.25) is 5.95 Å². The maximum atomic E-state index is 10.7. The van der Waals surface area contributed by atoms with Gasteiger partial charge in [0, 0.05) is 17.0 Å². The first kappa shape index (κ1) is 15.8. The summed E-state index contributed by atoms with van der Waals surface area (Å²) in [7, 11) is 0. The topological polar surface area (TPSA) is 133 Å². The minimum absolute atomic E-state index is 0.0265. The van der Waals surface area contributed by atoms with Gasteiger partial charge in [-0.2, -0.15) is 4.98 Å². The highest BCUT2D eigenvalue weighted by Gasteiger charge is 2.41. The Kier molecular flexibility index (Phi) is 3.58. The predicted octanol–water partition coefficient (Wildman–Crippen LogP) is 1.99. The van der Waals surface area contributed by atoms with Crippen molar-refractivity contribution in [1.29, 1.82) is 0 Å². The highest BCUT2D eigenvalue weighted by molar-refractivity contribution is 7.99. The monoisotopic (exact) mass is 358 g/mol. The number of nitrogens with zero attached hydrogens (tertiary/aromatic N) is 5. The molecular weight excluding hydrogens is 344 g/mol. The van der Waals surface area contributed by atoms with Crippen LogP contribution in [0.1, 0.15) is 12.8 Å². The second-order valence-electron chi connectivity index (χ2n) is 6.01. The Morgan fingerprint density at radius 2 is 2.04 bits per heavy atom. The second kappa shape index (κ2) is 5.67. The van der Waals surface area contributed by atoms with E-state index in [4.69, 9.17) is 5.73 Å². The first-order valence-electron chi connectivity index (χ1n) is 7.57. The number of rotatable bonds is 5. The molecule has 0 radical (unpaired) electrons. The molecule has 3 aromatic rings. The summed E-state index contributed by atoms with van der Waals surface area (Å²) in [6, 6.07) is 6.17. The normalized spacial score (nSPS) is 15.4. The lowest BCUT2D eigenvalue weighted by Gasteiger charge is -2.09. The van der Waals surface area contributed by atoms with Crippen LogP contribution in [-0.4, -0.2) is 35.1 Å². The smallest absolute Gasteiger partial charge is 0.269 e. The molecule has 1 aliphatic rings. The molecule has 0 bridgehead atoms. The van der Waals surface area contributed by atoms with Crippen LogP contribution in [0.3, 0.4) is 0 Å². The minimum Gasteiger partial charge on any atom is -0.388 e. The van der Waals surface area contributed by atoms with Crippen molar-refractivity contribution in [2.24, 2.45) is 0 Å². The molecule has 1 aromatic carbocycles. The molecule has 2 aromatic heterocycles. The van der Waals surface area contributed by atoms with Crippen molar-refractivity contribution in [2.45, 2.75) is 34.9 Å². The van der Waals surface area contributed by atoms with Gasteiger partial charge < -0.3 is 15.4 Å². The lowest BCUT2D eigenvalue weighted by molar-refractivity contribution is -0.384. The van der Waals surface area contributed by atoms with Crippen molar-refractivity contribution in [3.05, 3.63) is 40.7 Å². The van der Waals surface area contributed by atoms with Crippen molar-refractivity contribution in [2.75, 3.05) is 5.73 Å². The van der Waals surface area contributed by atoms with Gasteiger partial charge in [-0.3, -0.25) is 10.1 Å². The van der Waals surface area contributed by atoms with Gasteiger partial charge in [0.05, 0.1) is 23.4 Å². The lowest BCUT2D eigenvalue weighted by Crippen LogP contribution is -2.16. The van der Waals surface area contributed by atoms with Gasteiger partial charge in [-0.05, 0) is 25.0 Å². The lowest BCUT2D eigenvalue weighted by atomic mass is 10.3. The van der Waals surface area contributed by atoms with E-state index in [0.29, 0.717) is 22.7 Å². The first-order chi connectivity index (χ1) is 11.9. The van der Waals surface area contributed by atoms with Crippen molar-refractivity contribution in [3.63, 3.8) is 0 Å². The fraction of sp³-hybridized carbons (Fsp3) is 0.267. The summed E-state index contributed by atoms with van der Waals surface area (Å²) in [6.45, 7) is 0.418. The first-order valence-corrected chi connectivity index (χ1v) is 8.38. The fourth-order valence-electron chi connectivity index (χ4n) is 2.49.